The first-order valence-corrected chi connectivity index (χ1v) is 11.3. The van der Waals surface area contributed by atoms with Gasteiger partial charge in [0.2, 0.25) is 5.91 Å². The van der Waals surface area contributed by atoms with E-state index >= 15 is 0 Å². The SMILES string of the molecule is Cc1[nH]c(/C=C2\C(=O)Nc3ccc(OC(F)(F)F)cc32)c(C)c1C(=O)NCCCN1C(=O)CN(C)C1=O. The van der Waals surface area contributed by atoms with Gasteiger partial charge >= 0.3 is 12.4 Å². The van der Waals surface area contributed by atoms with Crippen molar-refractivity contribution in [3.8, 4) is 5.75 Å². The number of aromatic nitrogens is 1. The van der Waals surface area contributed by atoms with E-state index in [1.807, 2.05) is 0 Å². The molecule has 196 valence electrons. The van der Waals surface area contributed by atoms with E-state index in [1.165, 1.54) is 24.1 Å². The lowest BCUT2D eigenvalue weighted by Gasteiger charge is -2.14. The maximum Gasteiger partial charge on any atom is 0.573 e. The number of amides is 5. The second kappa shape index (κ2) is 9.64. The second-order valence-corrected chi connectivity index (χ2v) is 8.72. The summed E-state index contributed by atoms with van der Waals surface area (Å²) in [6.45, 7) is 3.79. The number of nitrogens with one attached hydrogen (secondary N) is 3. The molecule has 0 radical (unpaired) electrons. The molecule has 2 aromatic rings. The Morgan fingerprint density at radius 2 is 1.95 bits per heavy atom. The topological polar surface area (TPSA) is 124 Å². The third-order valence-electron chi connectivity index (χ3n) is 6.07. The Bertz CT molecular complexity index is 1330. The first kappa shape index (κ1) is 25.8. The number of anilines is 1. The fraction of sp³-hybridized carbons (Fsp3) is 0.333. The number of nitrogens with zero attached hydrogens (tertiary/aromatic N) is 2. The summed E-state index contributed by atoms with van der Waals surface area (Å²) in [5.41, 5.74) is 2.56. The number of alkyl halides is 3. The molecular formula is C24H24F3N5O5. The largest absolute Gasteiger partial charge is 0.573 e. The van der Waals surface area contributed by atoms with Crippen LogP contribution in [0.4, 0.5) is 23.7 Å². The van der Waals surface area contributed by atoms with E-state index in [0.29, 0.717) is 34.6 Å². The van der Waals surface area contributed by atoms with Gasteiger partial charge in [0.15, 0.2) is 0 Å². The number of halogens is 3. The van der Waals surface area contributed by atoms with E-state index in [2.05, 4.69) is 20.4 Å². The number of H-pyrrole nitrogens is 1. The number of ether oxygens (including phenoxy) is 1. The Labute approximate surface area is 209 Å². The predicted octanol–water partition coefficient (Wildman–Crippen LogP) is 3.04. The van der Waals surface area contributed by atoms with Crippen LogP contribution in [0.25, 0.3) is 11.6 Å². The summed E-state index contributed by atoms with van der Waals surface area (Å²) in [5, 5.41) is 5.36. The highest BCUT2D eigenvalue weighted by molar-refractivity contribution is 6.35. The molecule has 0 saturated carbocycles. The van der Waals surface area contributed by atoms with Gasteiger partial charge in [-0.25, -0.2) is 4.79 Å². The minimum Gasteiger partial charge on any atom is -0.406 e. The lowest BCUT2D eigenvalue weighted by molar-refractivity contribution is -0.274. The lowest BCUT2D eigenvalue weighted by atomic mass is 10.0. The molecule has 2 aliphatic rings. The number of aromatic amines is 1. The number of carbonyl (C=O) groups excluding carboxylic acids is 4. The average Bonchev–Trinajstić information content (AvgIpc) is 3.35. The Morgan fingerprint density at radius 3 is 2.59 bits per heavy atom. The van der Waals surface area contributed by atoms with Crippen LogP contribution in [0.3, 0.4) is 0 Å². The van der Waals surface area contributed by atoms with Crippen LogP contribution in [0.2, 0.25) is 0 Å². The van der Waals surface area contributed by atoms with Gasteiger partial charge in [-0.15, -0.1) is 13.2 Å². The highest BCUT2D eigenvalue weighted by Gasteiger charge is 2.34. The van der Waals surface area contributed by atoms with Crippen LogP contribution in [0.5, 0.6) is 5.75 Å². The van der Waals surface area contributed by atoms with Crippen LogP contribution in [-0.4, -0.2) is 71.6 Å². The molecule has 10 nitrogen and oxygen atoms in total. The van der Waals surface area contributed by atoms with E-state index in [0.717, 1.165) is 17.0 Å². The number of rotatable bonds is 7. The fourth-order valence-electron chi connectivity index (χ4n) is 4.33. The van der Waals surface area contributed by atoms with Gasteiger partial charge in [0.05, 0.1) is 11.1 Å². The molecule has 0 bridgehead atoms. The quantitative estimate of drug-likeness (QED) is 0.295. The Kier molecular flexibility index (Phi) is 6.72. The van der Waals surface area contributed by atoms with Crippen molar-refractivity contribution in [2.24, 2.45) is 0 Å². The Morgan fingerprint density at radius 1 is 1.22 bits per heavy atom. The molecule has 1 aromatic carbocycles. The van der Waals surface area contributed by atoms with Crippen LogP contribution in [0, 0.1) is 13.8 Å². The third-order valence-corrected chi connectivity index (χ3v) is 6.07. The molecule has 4 rings (SSSR count). The van der Waals surface area contributed by atoms with E-state index in [9.17, 15) is 32.3 Å². The molecular weight excluding hydrogens is 495 g/mol. The summed E-state index contributed by atoms with van der Waals surface area (Å²) < 4.78 is 41.9. The summed E-state index contributed by atoms with van der Waals surface area (Å²) in [7, 11) is 1.54. The maximum absolute atomic E-state index is 12.8. The zero-order valence-electron chi connectivity index (χ0n) is 20.2. The van der Waals surface area contributed by atoms with E-state index in [4.69, 9.17) is 0 Å². The van der Waals surface area contributed by atoms with Gasteiger partial charge in [-0.3, -0.25) is 19.3 Å². The number of benzene rings is 1. The molecule has 0 atom stereocenters. The normalized spacial score (nSPS) is 16.5. The van der Waals surface area contributed by atoms with E-state index in [1.54, 1.807) is 13.8 Å². The third kappa shape index (κ3) is 5.29. The summed E-state index contributed by atoms with van der Waals surface area (Å²) >= 11 is 0. The van der Waals surface area contributed by atoms with Crippen molar-refractivity contribution in [2.45, 2.75) is 26.6 Å². The fourth-order valence-corrected chi connectivity index (χ4v) is 4.33. The number of likely N-dealkylation sites (N-methyl/N-ethyl adjacent to an activating group) is 1. The van der Waals surface area contributed by atoms with Crippen molar-refractivity contribution in [2.75, 3.05) is 32.0 Å². The van der Waals surface area contributed by atoms with Gasteiger partial charge in [-0.05, 0) is 50.1 Å². The van der Waals surface area contributed by atoms with Crippen LogP contribution in [0.15, 0.2) is 18.2 Å². The first-order chi connectivity index (χ1) is 17.4. The zero-order valence-corrected chi connectivity index (χ0v) is 20.2. The van der Waals surface area contributed by atoms with Crippen LogP contribution >= 0.6 is 0 Å². The van der Waals surface area contributed by atoms with E-state index < -0.39 is 18.0 Å². The van der Waals surface area contributed by atoms with Gasteiger partial charge in [0.25, 0.3) is 11.8 Å². The molecule has 13 heteroatoms. The standard InChI is InChI=1S/C24H24F3N5O5/c1-12-18(10-16-15-9-14(37-24(25,26)27)5-6-17(15)30-21(16)34)29-13(2)20(12)22(35)28-7-4-8-32-19(33)11-31(3)23(32)36/h5-6,9-10,29H,4,7-8,11H2,1-3H3,(H,28,35)(H,30,34)/b16-10-. The number of hydrogen-bond acceptors (Lipinski definition) is 5. The van der Waals surface area contributed by atoms with Crippen molar-refractivity contribution < 1.29 is 37.1 Å². The van der Waals surface area contributed by atoms with Crippen molar-refractivity contribution in [1.29, 1.82) is 0 Å². The van der Waals surface area contributed by atoms with Crippen molar-refractivity contribution in [3.05, 3.63) is 46.3 Å². The summed E-state index contributed by atoms with van der Waals surface area (Å²) in [4.78, 5) is 54.6. The Hall–Kier alpha value is -4.29. The van der Waals surface area contributed by atoms with Crippen molar-refractivity contribution in [3.63, 3.8) is 0 Å². The van der Waals surface area contributed by atoms with Gasteiger partial charge < -0.3 is 25.3 Å². The second-order valence-electron chi connectivity index (χ2n) is 8.72. The maximum atomic E-state index is 12.8. The molecule has 0 aliphatic carbocycles. The number of imide groups is 1. The van der Waals surface area contributed by atoms with Crippen LogP contribution < -0.4 is 15.4 Å². The van der Waals surface area contributed by atoms with Crippen LogP contribution in [-0.2, 0) is 9.59 Å². The van der Waals surface area contributed by atoms with Gasteiger partial charge in [0, 0.05) is 42.8 Å². The minimum atomic E-state index is -4.88. The number of hydrogen-bond donors (Lipinski definition) is 3. The smallest absolute Gasteiger partial charge is 0.406 e. The molecule has 1 saturated heterocycles. The zero-order chi connectivity index (χ0) is 27.1. The summed E-state index contributed by atoms with van der Waals surface area (Å²) in [6, 6.07) is 3.18. The molecule has 0 unspecified atom stereocenters. The molecule has 5 amide bonds. The predicted molar refractivity (Wildman–Crippen MR) is 127 cm³/mol. The van der Waals surface area contributed by atoms with E-state index in [-0.39, 0.29) is 48.6 Å². The molecule has 1 fully saturated rings. The molecule has 1 aromatic heterocycles. The molecule has 2 aliphatic heterocycles. The van der Waals surface area contributed by atoms with Gasteiger partial charge in [0.1, 0.15) is 12.3 Å². The van der Waals surface area contributed by atoms with Gasteiger partial charge in [-0.2, -0.15) is 0 Å². The number of carbonyl (C=O) groups is 4. The van der Waals surface area contributed by atoms with Crippen LogP contribution in [0.1, 0.15) is 39.3 Å². The Balaban J connectivity index is 1.47. The number of fused-ring (bicyclic) bond motifs is 1. The van der Waals surface area contributed by atoms with Gasteiger partial charge in [-0.1, -0.05) is 0 Å². The number of urea groups is 1. The van der Waals surface area contributed by atoms with Crippen molar-refractivity contribution >= 4 is 41.1 Å². The minimum absolute atomic E-state index is 0.0321. The average molecular weight is 519 g/mol. The molecule has 3 N–H and O–H groups in total. The van der Waals surface area contributed by atoms with Crippen molar-refractivity contribution in [1.82, 2.24) is 20.1 Å². The summed E-state index contributed by atoms with van der Waals surface area (Å²) in [5.74, 6) is -1.64. The molecule has 0 spiro atoms. The summed E-state index contributed by atoms with van der Waals surface area (Å²) in [6.07, 6.45) is -3.03. The highest BCUT2D eigenvalue weighted by Crippen LogP contribution is 2.37. The molecule has 3 heterocycles. The lowest BCUT2D eigenvalue weighted by Crippen LogP contribution is -2.34. The monoisotopic (exact) mass is 519 g/mol. The highest BCUT2D eigenvalue weighted by atomic mass is 19.4. The number of aryl methyl sites for hydroxylation is 1. The molecule has 37 heavy (non-hydrogen) atoms. The first-order valence-electron chi connectivity index (χ1n) is 11.3.